The third-order valence-corrected chi connectivity index (χ3v) is 4.64. The average Bonchev–Trinajstić information content (AvgIpc) is 2.93. The highest BCUT2D eigenvalue weighted by Gasteiger charge is 2.19. The van der Waals surface area contributed by atoms with Crippen molar-refractivity contribution in [1.29, 1.82) is 0 Å². The molecule has 2 atom stereocenters. The van der Waals surface area contributed by atoms with Gasteiger partial charge in [-0.2, -0.15) is 0 Å². The Bertz CT molecular complexity index is 344. The molecule has 1 aliphatic rings. The molecule has 0 aromatic heterocycles. The van der Waals surface area contributed by atoms with Crippen LogP contribution in [-0.2, 0) is 4.79 Å². The van der Waals surface area contributed by atoms with Crippen molar-refractivity contribution in [3.63, 3.8) is 0 Å². The molecule has 0 spiro atoms. The van der Waals surface area contributed by atoms with Gasteiger partial charge in [-0.05, 0) is 43.9 Å². The highest BCUT2D eigenvalue weighted by Crippen LogP contribution is 2.31. The molecular weight excluding hydrogens is 272 g/mol. The lowest BCUT2D eigenvalue weighted by atomic mass is 9.89. The largest absolute Gasteiger partial charge is 0.481 e. The number of unbranched alkanes of at least 4 members (excludes halogenated alkanes) is 7. The van der Waals surface area contributed by atoms with E-state index in [9.17, 15) is 4.79 Å². The molecule has 2 nitrogen and oxygen atoms in total. The molecule has 0 saturated heterocycles. The molecule has 0 radical (unpaired) electrons. The highest BCUT2D eigenvalue weighted by atomic mass is 16.4. The molecule has 2 heteroatoms. The Labute approximate surface area is 136 Å². The van der Waals surface area contributed by atoms with E-state index in [-0.39, 0.29) is 0 Å². The molecule has 126 valence electrons. The van der Waals surface area contributed by atoms with Crippen LogP contribution in [0.15, 0.2) is 24.3 Å². The summed E-state index contributed by atoms with van der Waals surface area (Å²) in [4.78, 5) is 10.5. The molecule has 0 aliphatic heterocycles. The van der Waals surface area contributed by atoms with Crippen LogP contribution in [-0.4, -0.2) is 11.1 Å². The number of hydrogen-bond donors (Lipinski definition) is 1. The molecule has 0 bridgehead atoms. The normalized spacial score (nSPS) is 21.0. The van der Waals surface area contributed by atoms with Crippen LogP contribution in [0.1, 0.15) is 84.0 Å². The van der Waals surface area contributed by atoms with E-state index in [1.54, 1.807) is 0 Å². The number of carbonyl (C=O) groups is 1. The molecule has 1 aliphatic carbocycles. The topological polar surface area (TPSA) is 37.3 Å². The molecule has 1 N–H and O–H groups in total. The zero-order chi connectivity index (χ0) is 16.0. The number of carboxylic acids is 1. The molecule has 0 aromatic carbocycles. The first-order valence-corrected chi connectivity index (χ1v) is 9.29. The third kappa shape index (κ3) is 9.07. The molecule has 0 unspecified atom stereocenters. The second-order valence-electron chi connectivity index (χ2n) is 6.63. The number of carboxylic acid groups (broad SMARTS) is 1. The first-order valence-electron chi connectivity index (χ1n) is 9.29. The molecule has 0 aromatic rings. The summed E-state index contributed by atoms with van der Waals surface area (Å²) in [6, 6.07) is 0. The number of hydrogen-bond acceptors (Lipinski definition) is 1. The van der Waals surface area contributed by atoms with Crippen LogP contribution in [0.25, 0.3) is 0 Å². The van der Waals surface area contributed by atoms with E-state index in [4.69, 9.17) is 5.11 Å². The van der Waals surface area contributed by atoms with Gasteiger partial charge in [-0.15, -0.1) is 0 Å². The molecule has 0 saturated carbocycles. The minimum atomic E-state index is -0.663. The average molecular weight is 306 g/mol. The minimum absolute atomic E-state index is 0.328. The first-order chi connectivity index (χ1) is 10.7. The van der Waals surface area contributed by atoms with E-state index >= 15 is 0 Å². The fraction of sp³-hybridized carbons (Fsp3) is 0.750. The van der Waals surface area contributed by atoms with Crippen molar-refractivity contribution in [2.24, 2.45) is 11.8 Å². The van der Waals surface area contributed by atoms with Crippen LogP contribution < -0.4 is 0 Å². The molecule has 1 rings (SSSR count). The van der Waals surface area contributed by atoms with Crippen LogP contribution in [0.2, 0.25) is 0 Å². The molecule has 22 heavy (non-hydrogen) atoms. The molecule has 0 amide bonds. The summed E-state index contributed by atoms with van der Waals surface area (Å²) in [5, 5.41) is 8.61. The lowest BCUT2D eigenvalue weighted by molar-refractivity contribution is -0.137. The second kappa shape index (κ2) is 12.5. The van der Waals surface area contributed by atoms with E-state index in [2.05, 4.69) is 31.2 Å². The Kier molecular flexibility index (Phi) is 10.8. The molecular formula is C20H34O2. The van der Waals surface area contributed by atoms with Crippen molar-refractivity contribution in [3.8, 4) is 0 Å². The summed E-state index contributed by atoms with van der Waals surface area (Å²) < 4.78 is 0. The summed E-state index contributed by atoms with van der Waals surface area (Å²) in [5.74, 6) is 0.765. The van der Waals surface area contributed by atoms with Crippen molar-refractivity contribution in [3.05, 3.63) is 24.3 Å². The smallest absolute Gasteiger partial charge is 0.303 e. The number of rotatable bonds is 13. The first kappa shape index (κ1) is 19.0. The maximum absolute atomic E-state index is 10.5. The lowest BCUT2D eigenvalue weighted by Gasteiger charge is -2.16. The zero-order valence-electron chi connectivity index (χ0n) is 14.3. The summed E-state index contributed by atoms with van der Waals surface area (Å²) in [5.41, 5.74) is 0. The Morgan fingerprint density at radius 3 is 2.68 bits per heavy atom. The van der Waals surface area contributed by atoms with E-state index in [1.807, 2.05) is 0 Å². The quantitative estimate of drug-likeness (QED) is 0.328. The van der Waals surface area contributed by atoms with Crippen LogP contribution in [0.5, 0.6) is 0 Å². The third-order valence-electron chi connectivity index (χ3n) is 4.64. The van der Waals surface area contributed by atoms with Gasteiger partial charge < -0.3 is 5.11 Å². The lowest BCUT2D eigenvalue weighted by Crippen LogP contribution is -2.05. The monoisotopic (exact) mass is 306 g/mol. The van der Waals surface area contributed by atoms with Gasteiger partial charge in [-0.3, -0.25) is 4.79 Å². The summed E-state index contributed by atoms with van der Waals surface area (Å²) in [6.45, 7) is 2.26. The Morgan fingerprint density at radius 2 is 1.91 bits per heavy atom. The maximum atomic E-state index is 10.5. The summed E-state index contributed by atoms with van der Waals surface area (Å²) >= 11 is 0. The standard InChI is InChI=1S/C20H34O2/c1-2-3-4-5-6-9-13-18-15-12-16-19(18)14-10-7-8-11-17-20(21)22/h9,12-13,15,18-19H,2-8,10-11,14,16-17H2,1H3,(H,21,22)/t18-,19-/m0/s1. The van der Waals surface area contributed by atoms with Gasteiger partial charge >= 0.3 is 5.97 Å². The van der Waals surface area contributed by atoms with Crippen LogP contribution in [0.4, 0.5) is 0 Å². The van der Waals surface area contributed by atoms with Crippen molar-refractivity contribution < 1.29 is 9.90 Å². The van der Waals surface area contributed by atoms with Gasteiger partial charge in [0, 0.05) is 6.42 Å². The number of aliphatic carboxylic acids is 1. The predicted octanol–water partition coefficient (Wildman–Crippen LogP) is 6.13. The van der Waals surface area contributed by atoms with E-state index < -0.39 is 5.97 Å². The van der Waals surface area contributed by atoms with Crippen molar-refractivity contribution in [1.82, 2.24) is 0 Å². The molecule has 0 fully saturated rings. The van der Waals surface area contributed by atoms with Crippen LogP contribution in [0, 0.1) is 11.8 Å². The Morgan fingerprint density at radius 1 is 1.14 bits per heavy atom. The maximum Gasteiger partial charge on any atom is 0.303 e. The number of allylic oxidation sites excluding steroid dienone is 4. The van der Waals surface area contributed by atoms with Gasteiger partial charge in [0.05, 0.1) is 0 Å². The Balaban J connectivity index is 2.08. The van der Waals surface area contributed by atoms with Crippen molar-refractivity contribution in [2.45, 2.75) is 84.0 Å². The summed E-state index contributed by atoms with van der Waals surface area (Å²) in [7, 11) is 0. The van der Waals surface area contributed by atoms with Crippen molar-refractivity contribution in [2.75, 3.05) is 0 Å². The Hall–Kier alpha value is -1.05. The minimum Gasteiger partial charge on any atom is -0.481 e. The fourth-order valence-corrected chi connectivity index (χ4v) is 3.23. The van der Waals surface area contributed by atoms with Gasteiger partial charge in [0.1, 0.15) is 0 Å². The van der Waals surface area contributed by atoms with Gasteiger partial charge in [0.15, 0.2) is 0 Å². The van der Waals surface area contributed by atoms with E-state index in [1.165, 1.54) is 57.8 Å². The van der Waals surface area contributed by atoms with Gasteiger partial charge in [0.25, 0.3) is 0 Å². The van der Waals surface area contributed by atoms with Gasteiger partial charge in [-0.25, -0.2) is 0 Å². The van der Waals surface area contributed by atoms with Crippen LogP contribution in [0.3, 0.4) is 0 Å². The van der Waals surface area contributed by atoms with Gasteiger partial charge in [-0.1, -0.05) is 69.8 Å². The fourth-order valence-electron chi connectivity index (χ4n) is 3.23. The van der Waals surface area contributed by atoms with Gasteiger partial charge in [0.2, 0.25) is 0 Å². The van der Waals surface area contributed by atoms with E-state index in [0.29, 0.717) is 12.3 Å². The zero-order valence-corrected chi connectivity index (χ0v) is 14.3. The predicted molar refractivity (Wildman–Crippen MR) is 94.0 cm³/mol. The van der Waals surface area contributed by atoms with Crippen LogP contribution >= 0.6 is 0 Å². The van der Waals surface area contributed by atoms with E-state index in [0.717, 1.165) is 18.8 Å². The van der Waals surface area contributed by atoms with Crippen molar-refractivity contribution >= 4 is 5.97 Å². The SMILES string of the molecule is CCCCCCC=C[C@H]1C=CC[C@@H]1CCCCCCC(=O)O. The highest BCUT2D eigenvalue weighted by molar-refractivity contribution is 5.66. The molecule has 0 heterocycles. The summed E-state index contributed by atoms with van der Waals surface area (Å²) in [6.07, 6.45) is 23.2. The second-order valence-corrected chi connectivity index (χ2v) is 6.63.